The lowest BCUT2D eigenvalue weighted by molar-refractivity contribution is -0.0927. The van der Waals surface area contributed by atoms with E-state index in [1.807, 2.05) is 0 Å². The monoisotopic (exact) mass is 416 g/mol. The van der Waals surface area contributed by atoms with Crippen LogP contribution >= 0.6 is 0 Å². The third-order valence-corrected chi connectivity index (χ3v) is 4.31. The van der Waals surface area contributed by atoms with Crippen LogP contribution < -0.4 is 11.5 Å². The Balaban J connectivity index is 1.81. The first-order valence-electron chi connectivity index (χ1n) is 8.65. The minimum absolute atomic E-state index is 0.0576. The van der Waals surface area contributed by atoms with Gasteiger partial charge in [-0.3, -0.25) is 0 Å². The number of nitrogens with two attached hydrogens (primary N) is 2. The summed E-state index contributed by atoms with van der Waals surface area (Å²) in [5.41, 5.74) is 12.0. The molecular weight excluding hydrogens is 402 g/mol. The lowest BCUT2D eigenvalue weighted by Gasteiger charge is -2.11. The fourth-order valence-electron chi connectivity index (χ4n) is 3.00. The molecule has 11 heteroatoms. The zero-order valence-electron chi connectivity index (χ0n) is 15.2. The summed E-state index contributed by atoms with van der Waals surface area (Å²) in [5, 5.41) is 4.22. The molecule has 3 heterocycles. The maximum Gasteiger partial charge on any atom is 0.396 e. The Hall–Kier alpha value is -3.76. The van der Waals surface area contributed by atoms with Crippen LogP contribution in [-0.2, 0) is 6.42 Å². The highest BCUT2D eigenvalue weighted by molar-refractivity contribution is 5.75. The van der Waals surface area contributed by atoms with Gasteiger partial charge in [0.05, 0.1) is 5.52 Å². The van der Waals surface area contributed by atoms with E-state index in [-0.39, 0.29) is 24.4 Å². The van der Waals surface area contributed by atoms with E-state index in [1.165, 1.54) is 16.8 Å². The molecule has 4 N–H and O–H groups in total. The van der Waals surface area contributed by atoms with Crippen molar-refractivity contribution in [1.29, 1.82) is 0 Å². The molecule has 0 unspecified atom stereocenters. The van der Waals surface area contributed by atoms with Gasteiger partial charge in [-0.2, -0.15) is 18.3 Å². The van der Waals surface area contributed by atoms with E-state index in [2.05, 4.69) is 20.1 Å². The van der Waals surface area contributed by atoms with Crippen molar-refractivity contribution in [2.75, 3.05) is 11.5 Å². The van der Waals surface area contributed by atoms with Crippen LogP contribution in [0.25, 0.3) is 17.0 Å². The Morgan fingerprint density at radius 1 is 0.967 bits per heavy atom. The molecule has 4 rings (SSSR count). The Morgan fingerprint density at radius 3 is 2.33 bits per heavy atom. The molecule has 0 amide bonds. The molecule has 3 aromatic heterocycles. The van der Waals surface area contributed by atoms with Gasteiger partial charge in [-0.1, -0.05) is 18.2 Å². The van der Waals surface area contributed by atoms with Crippen molar-refractivity contribution in [3.8, 4) is 11.5 Å². The van der Waals surface area contributed by atoms with E-state index >= 15 is 0 Å². The summed E-state index contributed by atoms with van der Waals surface area (Å²) < 4.78 is 53.7. The molecule has 0 saturated carbocycles. The lowest BCUT2D eigenvalue weighted by Crippen LogP contribution is -2.15. The number of nitrogen functional groups attached to an aromatic ring is 2. The van der Waals surface area contributed by atoms with Crippen LogP contribution in [0.5, 0.6) is 0 Å². The lowest BCUT2D eigenvalue weighted by atomic mass is 10.1. The second-order valence-electron chi connectivity index (χ2n) is 6.38. The second-order valence-corrected chi connectivity index (χ2v) is 6.38. The number of hydrogen-bond acceptors (Lipinski definition) is 6. The number of benzene rings is 1. The van der Waals surface area contributed by atoms with Crippen molar-refractivity contribution in [2.24, 2.45) is 0 Å². The van der Waals surface area contributed by atoms with Crippen molar-refractivity contribution in [1.82, 2.24) is 24.6 Å². The van der Waals surface area contributed by atoms with Gasteiger partial charge in [0.25, 0.3) is 0 Å². The van der Waals surface area contributed by atoms with Gasteiger partial charge in [-0.05, 0) is 23.8 Å². The number of halogens is 4. The Morgan fingerprint density at radius 2 is 1.67 bits per heavy atom. The topological polar surface area (TPSA) is 108 Å². The fraction of sp³-hybridized carbons (Fsp3) is 0.105. The van der Waals surface area contributed by atoms with E-state index in [1.54, 1.807) is 30.3 Å². The molecule has 153 valence electrons. The maximum absolute atomic E-state index is 14.1. The van der Waals surface area contributed by atoms with E-state index in [9.17, 15) is 17.6 Å². The summed E-state index contributed by atoms with van der Waals surface area (Å²) in [6.07, 6.45) is -3.05. The van der Waals surface area contributed by atoms with Gasteiger partial charge in [-0.25, -0.2) is 23.9 Å². The quantitative estimate of drug-likeness (QED) is 0.495. The van der Waals surface area contributed by atoms with Crippen molar-refractivity contribution in [2.45, 2.75) is 12.6 Å². The van der Waals surface area contributed by atoms with Gasteiger partial charge >= 0.3 is 6.18 Å². The minimum Gasteiger partial charge on any atom is -0.383 e. The molecule has 4 aromatic rings. The van der Waals surface area contributed by atoms with E-state index in [0.29, 0.717) is 16.9 Å². The standard InChI is InChI=1S/C19H14F4N7/c20-12-5-2-1-4-10(12)8-14-27-15(13-6-3-7-26-30(13)14)18-28-16(24)11(17(25)29-18)9-19(21,22)23/h1-7,9H,8H2,(H4,24,25,28,29). The summed E-state index contributed by atoms with van der Waals surface area (Å²) in [6.45, 7) is 0. The minimum atomic E-state index is -4.63. The molecular formula is C19H14F4N7. The predicted octanol–water partition coefficient (Wildman–Crippen LogP) is 3.20. The van der Waals surface area contributed by atoms with Gasteiger partial charge < -0.3 is 11.5 Å². The summed E-state index contributed by atoms with van der Waals surface area (Å²) in [7, 11) is 0. The average Bonchev–Trinajstić information content (AvgIpc) is 3.04. The summed E-state index contributed by atoms with van der Waals surface area (Å²) >= 11 is 0. The summed E-state index contributed by atoms with van der Waals surface area (Å²) in [5.74, 6) is -0.943. The maximum atomic E-state index is 14.1. The molecule has 30 heavy (non-hydrogen) atoms. The van der Waals surface area contributed by atoms with Crippen LogP contribution in [0.15, 0.2) is 42.6 Å². The molecule has 7 nitrogen and oxygen atoms in total. The average molecular weight is 416 g/mol. The number of rotatable bonds is 4. The second kappa shape index (κ2) is 7.25. The van der Waals surface area contributed by atoms with Crippen LogP contribution in [0.1, 0.15) is 17.0 Å². The molecule has 0 aliphatic heterocycles. The number of fused-ring (bicyclic) bond motifs is 1. The smallest absolute Gasteiger partial charge is 0.383 e. The first-order chi connectivity index (χ1) is 14.2. The predicted molar refractivity (Wildman–Crippen MR) is 102 cm³/mol. The highest BCUT2D eigenvalue weighted by Gasteiger charge is 2.32. The number of anilines is 2. The zero-order valence-corrected chi connectivity index (χ0v) is 15.2. The molecule has 0 aliphatic carbocycles. The largest absolute Gasteiger partial charge is 0.396 e. The van der Waals surface area contributed by atoms with Crippen molar-refractivity contribution in [3.05, 3.63) is 71.8 Å². The third kappa shape index (κ3) is 3.73. The Kier molecular flexibility index (Phi) is 4.72. The van der Waals surface area contributed by atoms with Crippen molar-refractivity contribution < 1.29 is 17.6 Å². The van der Waals surface area contributed by atoms with Crippen LogP contribution in [-0.4, -0.2) is 30.7 Å². The van der Waals surface area contributed by atoms with Crippen LogP contribution in [0.3, 0.4) is 0 Å². The van der Waals surface area contributed by atoms with Crippen LogP contribution in [0.2, 0.25) is 0 Å². The fourth-order valence-corrected chi connectivity index (χ4v) is 3.00. The summed E-state index contributed by atoms with van der Waals surface area (Å²) in [4.78, 5) is 12.4. The Bertz CT molecular complexity index is 1210. The molecule has 0 bridgehead atoms. The van der Waals surface area contributed by atoms with Crippen LogP contribution in [0.4, 0.5) is 29.2 Å². The summed E-state index contributed by atoms with van der Waals surface area (Å²) in [6, 6.07) is 9.54. The molecule has 0 fully saturated rings. The van der Waals surface area contributed by atoms with Gasteiger partial charge in [0.15, 0.2) is 5.82 Å². The number of aromatic nitrogens is 5. The molecule has 0 spiro atoms. The van der Waals surface area contributed by atoms with Crippen LogP contribution in [0, 0.1) is 12.2 Å². The molecule has 1 radical (unpaired) electrons. The molecule has 0 aliphatic rings. The molecule has 1 aromatic carbocycles. The number of alkyl halides is 3. The number of hydrogen-bond donors (Lipinski definition) is 2. The molecule has 0 saturated heterocycles. The van der Waals surface area contributed by atoms with Gasteiger partial charge in [-0.15, -0.1) is 0 Å². The number of nitrogens with zero attached hydrogens (tertiary/aromatic N) is 5. The van der Waals surface area contributed by atoms with E-state index in [4.69, 9.17) is 11.5 Å². The van der Waals surface area contributed by atoms with Gasteiger partial charge in [0.2, 0.25) is 0 Å². The highest BCUT2D eigenvalue weighted by Crippen LogP contribution is 2.31. The van der Waals surface area contributed by atoms with E-state index < -0.39 is 29.2 Å². The SMILES string of the molecule is Nc1nc(-c2nc(Cc3ccccc3F)n3ncccc23)nc(N)c1[CH]C(F)(F)F. The van der Waals surface area contributed by atoms with Gasteiger partial charge in [0.1, 0.15) is 35.4 Å². The number of imidazole rings is 1. The Labute approximate surface area is 167 Å². The van der Waals surface area contributed by atoms with E-state index in [0.717, 1.165) is 0 Å². The first kappa shape index (κ1) is 19.6. The molecule has 0 atom stereocenters. The zero-order chi connectivity index (χ0) is 21.5. The highest BCUT2D eigenvalue weighted by atomic mass is 19.4. The first-order valence-corrected chi connectivity index (χ1v) is 8.65. The third-order valence-electron chi connectivity index (χ3n) is 4.31. The van der Waals surface area contributed by atoms with Crippen molar-refractivity contribution in [3.63, 3.8) is 0 Å². The normalized spacial score (nSPS) is 11.9. The van der Waals surface area contributed by atoms with Gasteiger partial charge in [0, 0.05) is 18.2 Å². The van der Waals surface area contributed by atoms with Crippen molar-refractivity contribution >= 4 is 17.2 Å².